The van der Waals surface area contributed by atoms with E-state index >= 15 is 0 Å². The summed E-state index contributed by atoms with van der Waals surface area (Å²) in [4.78, 5) is 4.03. The SMILES string of the molecule is O=[SH](=O)Cc1nccn1Cc1ccccc1. The molecule has 0 bridgehead atoms. The van der Waals surface area contributed by atoms with Crippen molar-refractivity contribution in [3.63, 3.8) is 0 Å². The van der Waals surface area contributed by atoms with Crippen LogP contribution in [0.2, 0.25) is 0 Å². The third kappa shape index (κ3) is 2.70. The van der Waals surface area contributed by atoms with E-state index in [0.717, 1.165) is 5.56 Å². The predicted molar refractivity (Wildman–Crippen MR) is 61.8 cm³/mol. The zero-order valence-electron chi connectivity index (χ0n) is 8.61. The van der Waals surface area contributed by atoms with Gasteiger partial charge in [-0.05, 0) is 5.56 Å². The smallest absolute Gasteiger partial charge is 0.147 e. The summed E-state index contributed by atoms with van der Waals surface area (Å²) in [5.41, 5.74) is 1.13. The average molecular weight is 236 g/mol. The number of benzene rings is 1. The number of aromatic nitrogens is 2. The van der Waals surface area contributed by atoms with Gasteiger partial charge < -0.3 is 4.57 Å². The fourth-order valence-corrected chi connectivity index (χ4v) is 2.03. The van der Waals surface area contributed by atoms with Crippen LogP contribution in [0.15, 0.2) is 42.7 Å². The highest BCUT2D eigenvalue weighted by Gasteiger charge is 2.04. The van der Waals surface area contributed by atoms with Crippen molar-refractivity contribution >= 4 is 10.7 Å². The summed E-state index contributed by atoms with van der Waals surface area (Å²) in [7, 11) is -2.43. The molecule has 1 aromatic carbocycles. The maximum absolute atomic E-state index is 10.7. The number of rotatable bonds is 4. The highest BCUT2D eigenvalue weighted by molar-refractivity contribution is 7.71. The molecule has 0 saturated heterocycles. The Morgan fingerprint density at radius 3 is 2.62 bits per heavy atom. The lowest BCUT2D eigenvalue weighted by molar-refractivity contribution is 0.610. The summed E-state index contributed by atoms with van der Waals surface area (Å²) in [6.45, 7) is 0.652. The molecule has 0 amide bonds. The van der Waals surface area contributed by atoms with Crippen molar-refractivity contribution in [3.05, 3.63) is 54.1 Å². The van der Waals surface area contributed by atoms with E-state index in [1.54, 1.807) is 12.4 Å². The largest absolute Gasteiger partial charge is 0.330 e. The highest BCUT2D eigenvalue weighted by Crippen LogP contribution is 2.05. The lowest BCUT2D eigenvalue weighted by atomic mass is 10.2. The van der Waals surface area contributed by atoms with E-state index in [0.29, 0.717) is 12.4 Å². The van der Waals surface area contributed by atoms with Gasteiger partial charge in [-0.2, -0.15) is 0 Å². The number of hydrogen-bond acceptors (Lipinski definition) is 3. The first-order valence-electron chi connectivity index (χ1n) is 4.91. The Kier molecular flexibility index (Phi) is 3.36. The average Bonchev–Trinajstić information content (AvgIpc) is 2.66. The minimum atomic E-state index is -2.43. The second kappa shape index (κ2) is 4.94. The van der Waals surface area contributed by atoms with E-state index in [-0.39, 0.29) is 5.75 Å². The van der Waals surface area contributed by atoms with Crippen LogP contribution in [-0.4, -0.2) is 18.0 Å². The van der Waals surface area contributed by atoms with Gasteiger partial charge in [0.25, 0.3) is 0 Å². The third-order valence-electron chi connectivity index (χ3n) is 2.27. The lowest BCUT2D eigenvalue weighted by Crippen LogP contribution is -2.04. The van der Waals surface area contributed by atoms with Crippen molar-refractivity contribution in [1.29, 1.82) is 0 Å². The first kappa shape index (κ1) is 10.9. The molecule has 0 aliphatic heterocycles. The number of thiol groups is 1. The van der Waals surface area contributed by atoms with E-state index in [9.17, 15) is 8.42 Å². The molecule has 0 radical (unpaired) electrons. The Labute approximate surface area is 95.5 Å². The van der Waals surface area contributed by atoms with Gasteiger partial charge >= 0.3 is 0 Å². The molecule has 2 rings (SSSR count). The maximum Gasteiger partial charge on any atom is 0.147 e. The minimum Gasteiger partial charge on any atom is -0.330 e. The topological polar surface area (TPSA) is 52.0 Å². The second-order valence-electron chi connectivity index (χ2n) is 3.45. The standard InChI is InChI=1S/C11H12N2O2S/c14-16(15)9-11-12-6-7-13(11)8-10-4-2-1-3-5-10/h1-7,16H,8-9H2. The van der Waals surface area contributed by atoms with Crippen molar-refractivity contribution in [2.75, 3.05) is 0 Å². The van der Waals surface area contributed by atoms with Crippen molar-refractivity contribution < 1.29 is 8.42 Å². The zero-order chi connectivity index (χ0) is 11.4. The van der Waals surface area contributed by atoms with Gasteiger partial charge in [0.05, 0.1) is 0 Å². The Morgan fingerprint density at radius 1 is 1.19 bits per heavy atom. The van der Waals surface area contributed by atoms with Crippen LogP contribution in [0.3, 0.4) is 0 Å². The van der Waals surface area contributed by atoms with Crippen LogP contribution < -0.4 is 0 Å². The fraction of sp³-hybridized carbons (Fsp3) is 0.182. The molecule has 16 heavy (non-hydrogen) atoms. The second-order valence-corrected chi connectivity index (χ2v) is 4.43. The van der Waals surface area contributed by atoms with E-state index in [1.165, 1.54) is 0 Å². The van der Waals surface area contributed by atoms with Crippen LogP contribution in [0.1, 0.15) is 11.4 Å². The highest BCUT2D eigenvalue weighted by atomic mass is 32.2. The van der Waals surface area contributed by atoms with E-state index in [4.69, 9.17) is 0 Å². The molecule has 0 aliphatic carbocycles. The monoisotopic (exact) mass is 236 g/mol. The van der Waals surface area contributed by atoms with E-state index < -0.39 is 10.7 Å². The Bertz CT molecular complexity index is 524. The molecule has 0 spiro atoms. The molecule has 0 atom stereocenters. The van der Waals surface area contributed by atoms with Crippen molar-refractivity contribution in [2.45, 2.75) is 12.3 Å². The first-order chi connectivity index (χ1) is 7.75. The molecule has 0 saturated carbocycles. The van der Waals surface area contributed by atoms with Crippen LogP contribution in [0.4, 0.5) is 0 Å². The molecule has 5 heteroatoms. The molecule has 0 unspecified atom stereocenters. The van der Waals surface area contributed by atoms with Crippen molar-refractivity contribution in [3.8, 4) is 0 Å². The summed E-state index contributed by atoms with van der Waals surface area (Å²) in [6.07, 6.45) is 3.41. The van der Waals surface area contributed by atoms with E-state index in [1.807, 2.05) is 34.9 Å². The summed E-state index contributed by atoms with van der Waals surface area (Å²) in [6, 6.07) is 9.87. The van der Waals surface area contributed by atoms with Gasteiger partial charge in [-0.1, -0.05) is 30.3 Å². The molecule has 0 N–H and O–H groups in total. The number of imidazole rings is 1. The van der Waals surface area contributed by atoms with Crippen LogP contribution in [0, 0.1) is 0 Å². The summed E-state index contributed by atoms with van der Waals surface area (Å²) in [5.74, 6) is 0.579. The zero-order valence-corrected chi connectivity index (χ0v) is 9.51. The van der Waals surface area contributed by atoms with Gasteiger partial charge in [0, 0.05) is 18.9 Å². The molecule has 1 aromatic heterocycles. The Balaban J connectivity index is 2.19. The molecule has 84 valence electrons. The molecule has 4 nitrogen and oxygen atoms in total. The van der Waals surface area contributed by atoms with Gasteiger partial charge in [-0.3, -0.25) is 0 Å². The Hall–Kier alpha value is -1.62. The number of hydrogen-bond donors (Lipinski definition) is 1. The van der Waals surface area contributed by atoms with Crippen LogP contribution >= 0.6 is 0 Å². The third-order valence-corrected chi connectivity index (χ3v) is 2.81. The van der Waals surface area contributed by atoms with Gasteiger partial charge in [0.15, 0.2) is 0 Å². The van der Waals surface area contributed by atoms with Crippen molar-refractivity contribution in [2.24, 2.45) is 0 Å². The minimum absolute atomic E-state index is 0.00479. The van der Waals surface area contributed by atoms with Crippen LogP contribution in [0.25, 0.3) is 0 Å². The first-order valence-corrected chi connectivity index (χ1v) is 6.28. The van der Waals surface area contributed by atoms with Gasteiger partial charge in [0.2, 0.25) is 0 Å². The molecule has 0 fully saturated rings. The predicted octanol–water partition coefficient (Wildman–Crippen LogP) is 1.04. The lowest BCUT2D eigenvalue weighted by Gasteiger charge is -2.05. The maximum atomic E-state index is 10.7. The summed E-state index contributed by atoms with van der Waals surface area (Å²) >= 11 is 0. The Morgan fingerprint density at radius 2 is 1.94 bits per heavy atom. The molecular weight excluding hydrogens is 224 g/mol. The van der Waals surface area contributed by atoms with Gasteiger partial charge in [0.1, 0.15) is 22.3 Å². The molecule has 2 aromatic rings. The van der Waals surface area contributed by atoms with E-state index in [2.05, 4.69) is 4.98 Å². The quantitative estimate of drug-likeness (QED) is 0.807. The molecule has 1 heterocycles. The van der Waals surface area contributed by atoms with Gasteiger partial charge in [-0.15, -0.1) is 0 Å². The van der Waals surface area contributed by atoms with Crippen LogP contribution in [0.5, 0.6) is 0 Å². The van der Waals surface area contributed by atoms with Crippen molar-refractivity contribution in [1.82, 2.24) is 9.55 Å². The summed E-state index contributed by atoms with van der Waals surface area (Å²) < 4.78 is 23.2. The van der Waals surface area contributed by atoms with Crippen LogP contribution in [-0.2, 0) is 23.0 Å². The summed E-state index contributed by atoms with van der Waals surface area (Å²) in [5, 5.41) is 0. The molecular formula is C11H12N2O2S. The van der Waals surface area contributed by atoms with Gasteiger partial charge in [-0.25, -0.2) is 13.4 Å². The normalized spacial score (nSPS) is 10.8. The fourth-order valence-electron chi connectivity index (χ4n) is 1.53. The molecule has 0 aliphatic rings. The number of nitrogens with zero attached hydrogens (tertiary/aromatic N) is 2.